The van der Waals surface area contributed by atoms with Crippen molar-refractivity contribution in [2.24, 2.45) is 0 Å². The smallest absolute Gasteiger partial charge is 0.274 e. The van der Waals surface area contributed by atoms with Crippen LogP contribution < -0.4 is 5.56 Å². The van der Waals surface area contributed by atoms with E-state index in [9.17, 15) is 9.90 Å². The lowest BCUT2D eigenvalue weighted by molar-refractivity contribution is 0.149. The molecule has 0 amide bonds. The molecule has 0 saturated carbocycles. The van der Waals surface area contributed by atoms with Gasteiger partial charge in [0, 0.05) is 9.86 Å². The fraction of sp³-hybridized carbons (Fsp3) is 0.125. The summed E-state index contributed by atoms with van der Waals surface area (Å²) >= 11 is 3.35. The van der Waals surface area contributed by atoms with Gasteiger partial charge < -0.3 is 5.11 Å². The van der Waals surface area contributed by atoms with Crippen molar-refractivity contribution < 1.29 is 5.11 Å². The Morgan fingerprint density at radius 1 is 1.14 bits per heavy atom. The summed E-state index contributed by atoms with van der Waals surface area (Å²) in [6, 6.07) is 14.6. The summed E-state index contributed by atoms with van der Waals surface area (Å²) in [6.45, 7) is 0.130. The van der Waals surface area contributed by atoms with Crippen LogP contribution >= 0.6 is 15.9 Å². The zero-order valence-electron chi connectivity index (χ0n) is 11.1. The predicted octanol–water partition coefficient (Wildman–Crippen LogP) is 2.89. The van der Waals surface area contributed by atoms with Gasteiger partial charge in [-0.1, -0.05) is 46.3 Å². The van der Waals surface area contributed by atoms with Crippen LogP contribution in [0.15, 0.2) is 64.0 Å². The predicted molar refractivity (Wildman–Crippen MR) is 85.1 cm³/mol. The molecular formula is C16H13BrN2O2. The van der Waals surface area contributed by atoms with Gasteiger partial charge in [0.1, 0.15) is 0 Å². The lowest BCUT2D eigenvalue weighted by atomic mass is 10.1. The maximum atomic E-state index is 12.3. The van der Waals surface area contributed by atoms with Crippen LogP contribution in [0, 0.1) is 0 Å². The topological polar surface area (TPSA) is 55.1 Å². The SMILES string of the molecule is O=c1c2ccccc2cnn1CC(O)c1ccc(Br)cc1. The number of aliphatic hydroxyl groups is 1. The van der Waals surface area contributed by atoms with E-state index in [0.717, 1.165) is 15.4 Å². The summed E-state index contributed by atoms with van der Waals surface area (Å²) in [5.41, 5.74) is 0.560. The van der Waals surface area contributed by atoms with Gasteiger partial charge in [0.05, 0.1) is 24.2 Å². The summed E-state index contributed by atoms with van der Waals surface area (Å²) in [5.74, 6) is 0. The molecule has 5 heteroatoms. The molecule has 0 aliphatic carbocycles. The number of rotatable bonds is 3. The highest BCUT2D eigenvalue weighted by atomic mass is 79.9. The van der Waals surface area contributed by atoms with E-state index in [4.69, 9.17) is 0 Å². The van der Waals surface area contributed by atoms with Gasteiger partial charge in [0.2, 0.25) is 0 Å². The molecule has 0 saturated heterocycles. The average Bonchev–Trinajstić information content (AvgIpc) is 2.51. The first-order valence-corrected chi connectivity index (χ1v) is 7.33. The third-order valence-electron chi connectivity index (χ3n) is 3.36. The lowest BCUT2D eigenvalue weighted by Crippen LogP contribution is -2.25. The molecule has 0 aliphatic rings. The number of fused-ring (bicyclic) bond motifs is 1. The van der Waals surface area contributed by atoms with Crippen molar-refractivity contribution in [2.75, 3.05) is 0 Å². The summed E-state index contributed by atoms with van der Waals surface area (Å²) < 4.78 is 2.24. The van der Waals surface area contributed by atoms with Crippen molar-refractivity contribution in [1.82, 2.24) is 9.78 Å². The standard InChI is InChI=1S/C16H13BrN2O2/c17-13-7-5-11(6-8-13)15(20)10-19-16(21)14-4-2-1-3-12(14)9-18-19/h1-9,15,20H,10H2. The third kappa shape index (κ3) is 2.89. The minimum atomic E-state index is -0.774. The number of benzene rings is 2. The largest absolute Gasteiger partial charge is 0.386 e. The molecule has 4 nitrogen and oxygen atoms in total. The Balaban J connectivity index is 1.93. The highest BCUT2D eigenvalue weighted by Gasteiger charge is 2.11. The van der Waals surface area contributed by atoms with Gasteiger partial charge in [-0.2, -0.15) is 5.10 Å². The van der Waals surface area contributed by atoms with E-state index in [2.05, 4.69) is 21.0 Å². The summed E-state index contributed by atoms with van der Waals surface area (Å²) in [4.78, 5) is 12.3. The van der Waals surface area contributed by atoms with E-state index < -0.39 is 6.10 Å². The van der Waals surface area contributed by atoms with Crippen LogP contribution in [0.5, 0.6) is 0 Å². The van der Waals surface area contributed by atoms with Gasteiger partial charge in [-0.15, -0.1) is 0 Å². The normalized spacial score (nSPS) is 12.5. The molecule has 1 atom stereocenters. The average molecular weight is 345 g/mol. The third-order valence-corrected chi connectivity index (χ3v) is 3.89. The Labute approximate surface area is 129 Å². The first-order chi connectivity index (χ1) is 10.1. The van der Waals surface area contributed by atoms with E-state index >= 15 is 0 Å². The van der Waals surface area contributed by atoms with Gasteiger partial charge >= 0.3 is 0 Å². The summed E-state index contributed by atoms with van der Waals surface area (Å²) in [5, 5.41) is 15.8. The highest BCUT2D eigenvalue weighted by molar-refractivity contribution is 9.10. The molecule has 0 radical (unpaired) electrons. The van der Waals surface area contributed by atoms with Crippen molar-refractivity contribution >= 4 is 26.7 Å². The molecule has 3 rings (SSSR count). The van der Waals surface area contributed by atoms with Crippen LogP contribution in [0.1, 0.15) is 11.7 Å². The van der Waals surface area contributed by atoms with Gasteiger partial charge in [-0.05, 0) is 23.8 Å². The minimum Gasteiger partial charge on any atom is -0.386 e. The van der Waals surface area contributed by atoms with E-state index in [1.807, 2.05) is 42.5 Å². The van der Waals surface area contributed by atoms with Crippen molar-refractivity contribution in [3.8, 4) is 0 Å². The fourth-order valence-corrected chi connectivity index (χ4v) is 2.48. The van der Waals surface area contributed by atoms with Crippen LogP contribution in [0.25, 0.3) is 10.8 Å². The summed E-state index contributed by atoms with van der Waals surface area (Å²) in [6.07, 6.45) is 0.870. The molecule has 1 N–H and O–H groups in total. The number of hydrogen-bond acceptors (Lipinski definition) is 3. The molecule has 0 aliphatic heterocycles. The van der Waals surface area contributed by atoms with Crippen molar-refractivity contribution in [3.05, 3.63) is 75.1 Å². The molecule has 3 aromatic rings. The first kappa shape index (κ1) is 14.0. The van der Waals surface area contributed by atoms with Crippen molar-refractivity contribution in [2.45, 2.75) is 12.6 Å². The maximum Gasteiger partial charge on any atom is 0.274 e. The molecule has 1 unspecified atom stereocenters. The van der Waals surface area contributed by atoms with Gasteiger partial charge in [-0.3, -0.25) is 4.79 Å². The van der Waals surface area contributed by atoms with Crippen LogP contribution in [0.2, 0.25) is 0 Å². The zero-order chi connectivity index (χ0) is 14.8. The molecule has 0 bridgehead atoms. The highest BCUT2D eigenvalue weighted by Crippen LogP contribution is 2.18. The second-order valence-electron chi connectivity index (χ2n) is 4.79. The molecule has 2 aromatic carbocycles. The quantitative estimate of drug-likeness (QED) is 0.794. The van der Waals surface area contributed by atoms with Crippen LogP contribution in [0.3, 0.4) is 0 Å². The molecule has 0 spiro atoms. The number of aromatic nitrogens is 2. The van der Waals surface area contributed by atoms with Crippen LogP contribution in [0.4, 0.5) is 0 Å². The molecule has 1 heterocycles. The maximum absolute atomic E-state index is 12.3. The molecule has 21 heavy (non-hydrogen) atoms. The molecular weight excluding hydrogens is 332 g/mol. The fourth-order valence-electron chi connectivity index (χ4n) is 2.21. The van der Waals surface area contributed by atoms with Crippen LogP contribution in [-0.4, -0.2) is 14.9 Å². The van der Waals surface area contributed by atoms with E-state index in [-0.39, 0.29) is 12.1 Å². The minimum absolute atomic E-state index is 0.130. The molecule has 106 valence electrons. The molecule has 0 fully saturated rings. The van der Waals surface area contributed by atoms with Crippen molar-refractivity contribution in [3.63, 3.8) is 0 Å². The van der Waals surface area contributed by atoms with Gasteiger partial charge in [0.25, 0.3) is 5.56 Å². The van der Waals surface area contributed by atoms with E-state index in [1.165, 1.54) is 4.68 Å². The number of hydrogen-bond donors (Lipinski definition) is 1. The van der Waals surface area contributed by atoms with Gasteiger partial charge in [-0.25, -0.2) is 4.68 Å². The second-order valence-corrected chi connectivity index (χ2v) is 5.70. The second kappa shape index (κ2) is 5.79. The Morgan fingerprint density at radius 3 is 2.62 bits per heavy atom. The zero-order valence-corrected chi connectivity index (χ0v) is 12.7. The van der Waals surface area contributed by atoms with E-state index in [1.54, 1.807) is 12.3 Å². The van der Waals surface area contributed by atoms with E-state index in [0.29, 0.717) is 5.39 Å². The Kier molecular flexibility index (Phi) is 3.86. The number of halogens is 1. The Bertz CT molecular complexity index is 828. The first-order valence-electron chi connectivity index (χ1n) is 6.53. The summed E-state index contributed by atoms with van der Waals surface area (Å²) in [7, 11) is 0. The lowest BCUT2D eigenvalue weighted by Gasteiger charge is -2.12. The Hall–Kier alpha value is -1.98. The Morgan fingerprint density at radius 2 is 1.86 bits per heavy atom. The number of aliphatic hydroxyl groups excluding tert-OH is 1. The number of nitrogens with zero attached hydrogens (tertiary/aromatic N) is 2. The monoisotopic (exact) mass is 344 g/mol. The van der Waals surface area contributed by atoms with Crippen molar-refractivity contribution in [1.29, 1.82) is 0 Å². The van der Waals surface area contributed by atoms with Crippen LogP contribution in [-0.2, 0) is 6.54 Å². The molecule has 1 aromatic heterocycles. The van der Waals surface area contributed by atoms with Gasteiger partial charge in [0.15, 0.2) is 0 Å².